The van der Waals surface area contributed by atoms with E-state index in [1.54, 1.807) is 0 Å². The van der Waals surface area contributed by atoms with Crippen LogP contribution < -0.4 is 0 Å². The summed E-state index contributed by atoms with van der Waals surface area (Å²) < 4.78 is 0. The largest absolute Gasteiger partial charge is 0.248 e. The molecule has 0 aliphatic heterocycles. The molecule has 0 amide bonds. The molecule has 3 aliphatic carbocycles. The van der Waals surface area contributed by atoms with E-state index in [1.165, 1.54) is 93.5 Å². The van der Waals surface area contributed by atoms with Crippen LogP contribution in [0.5, 0.6) is 0 Å². The maximum Gasteiger partial charge on any atom is 0.0725 e. The molecule has 9 aromatic rings. The number of pyridine rings is 1. The van der Waals surface area contributed by atoms with Crippen LogP contribution in [-0.4, -0.2) is 4.98 Å². The topological polar surface area (TPSA) is 12.9 Å². The van der Waals surface area contributed by atoms with Gasteiger partial charge < -0.3 is 0 Å². The van der Waals surface area contributed by atoms with Gasteiger partial charge in [0.05, 0.1) is 16.8 Å². The highest BCUT2D eigenvalue weighted by Gasteiger charge is 2.52. The number of aromatic nitrogens is 1. The summed E-state index contributed by atoms with van der Waals surface area (Å²) in [5.41, 5.74) is 16.8. The molecule has 1 nitrogen and oxygen atoms in total. The van der Waals surface area contributed by atoms with Gasteiger partial charge in [0.15, 0.2) is 0 Å². The highest BCUT2D eigenvalue weighted by Crippen LogP contribution is 2.64. The average Bonchev–Trinajstić information content (AvgIpc) is 3.73. The van der Waals surface area contributed by atoms with Gasteiger partial charge in [0, 0.05) is 11.1 Å². The van der Waals surface area contributed by atoms with Gasteiger partial charge >= 0.3 is 0 Å². The van der Waals surface area contributed by atoms with Gasteiger partial charge in [-0.1, -0.05) is 164 Å². The highest BCUT2D eigenvalue weighted by atomic mass is 14.7. The van der Waals surface area contributed by atoms with Crippen LogP contribution in [0.1, 0.15) is 40.7 Å². The van der Waals surface area contributed by atoms with Crippen molar-refractivity contribution in [2.75, 3.05) is 0 Å². The van der Waals surface area contributed by atoms with Crippen molar-refractivity contribution in [3.8, 4) is 44.8 Å². The Bertz CT molecular complexity index is 3140. The second kappa shape index (κ2) is 11.6. The Labute approximate surface area is 320 Å². The first-order valence-electron chi connectivity index (χ1n) is 19.4. The molecule has 8 aromatic carbocycles. The normalized spacial score (nSPS) is 16.3. The minimum atomic E-state index is -0.483. The van der Waals surface area contributed by atoms with Gasteiger partial charge in [0.1, 0.15) is 0 Å². The van der Waals surface area contributed by atoms with Crippen LogP contribution in [-0.2, 0) is 5.41 Å². The van der Waals surface area contributed by atoms with Crippen LogP contribution >= 0.6 is 0 Å². The Morgan fingerprint density at radius 1 is 0.382 bits per heavy atom. The Balaban J connectivity index is 1.19. The SMILES string of the molecule is C1=CC(c2cc(-c3ccccc3)nc(-c3cccc4c3-c3ccccc3C43c4ccccc4-c4cc5c6ccccc6c6ccccc6c5cc43)c2)=CCC1. The van der Waals surface area contributed by atoms with E-state index in [9.17, 15) is 0 Å². The van der Waals surface area contributed by atoms with Gasteiger partial charge in [0.2, 0.25) is 0 Å². The first kappa shape index (κ1) is 30.6. The molecule has 0 N–H and O–H groups in total. The average molecular weight is 698 g/mol. The van der Waals surface area contributed by atoms with Crippen LogP contribution in [0.4, 0.5) is 0 Å². The number of fused-ring (bicyclic) bond motifs is 16. The van der Waals surface area contributed by atoms with Crippen molar-refractivity contribution in [3.63, 3.8) is 0 Å². The fourth-order valence-corrected chi connectivity index (χ4v) is 10.2. The van der Waals surface area contributed by atoms with Crippen molar-refractivity contribution < 1.29 is 0 Å². The van der Waals surface area contributed by atoms with Crippen LogP contribution in [0.2, 0.25) is 0 Å². The van der Waals surface area contributed by atoms with Crippen LogP contribution in [0.15, 0.2) is 188 Å². The van der Waals surface area contributed by atoms with Crippen molar-refractivity contribution in [2.45, 2.75) is 18.3 Å². The summed E-state index contributed by atoms with van der Waals surface area (Å²) in [4.78, 5) is 5.48. The Morgan fingerprint density at radius 3 is 1.69 bits per heavy atom. The van der Waals surface area contributed by atoms with Gasteiger partial charge in [-0.05, 0) is 125 Å². The lowest BCUT2D eigenvalue weighted by Crippen LogP contribution is -2.25. The summed E-state index contributed by atoms with van der Waals surface area (Å²) >= 11 is 0. The Morgan fingerprint density at radius 2 is 0.964 bits per heavy atom. The van der Waals surface area contributed by atoms with Gasteiger partial charge in [-0.3, -0.25) is 0 Å². The van der Waals surface area contributed by atoms with E-state index >= 15 is 0 Å². The number of hydrogen-bond donors (Lipinski definition) is 0. The van der Waals surface area contributed by atoms with Gasteiger partial charge in [-0.15, -0.1) is 0 Å². The molecule has 1 atom stereocenters. The van der Waals surface area contributed by atoms with Crippen LogP contribution in [0, 0.1) is 0 Å². The van der Waals surface area contributed by atoms with Gasteiger partial charge in [-0.2, -0.15) is 0 Å². The second-order valence-electron chi connectivity index (χ2n) is 15.2. The zero-order chi connectivity index (χ0) is 36.1. The molecular weight excluding hydrogens is 663 g/mol. The first-order chi connectivity index (χ1) is 27.3. The molecule has 0 saturated carbocycles. The lowest BCUT2D eigenvalue weighted by Gasteiger charge is -2.31. The fourth-order valence-electron chi connectivity index (χ4n) is 10.2. The van der Waals surface area contributed by atoms with E-state index in [-0.39, 0.29) is 0 Å². The quantitative estimate of drug-likeness (QED) is 0.168. The number of allylic oxidation sites excluding steroid dienone is 4. The van der Waals surface area contributed by atoms with Crippen molar-refractivity contribution in [1.29, 1.82) is 0 Å². The van der Waals surface area contributed by atoms with Crippen LogP contribution in [0.3, 0.4) is 0 Å². The van der Waals surface area contributed by atoms with Crippen molar-refractivity contribution in [1.82, 2.24) is 4.98 Å². The maximum absolute atomic E-state index is 5.48. The smallest absolute Gasteiger partial charge is 0.0725 e. The lowest BCUT2D eigenvalue weighted by atomic mass is 9.70. The fraction of sp³-hybridized carbons (Fsp3) is 0.0556. The van der Waals surface area contributed by atoms with Crippen LogP contribution in [0.25, 0.3) is 82.7 Å². The number of benzene rings is 8. The summed E-state index contributed by atoms with van der Waals surface area (Å²) in [6, 6.07) is 63.4. The van der Waals surface area contributed by atoms with Gasteiger partial charge in [-0.25, -0.2) is 4.98 Å². The van der Waals surface area contributed by atoms with E-state index in [0.717, 1.165) is 29.8 Å². The Hall–Kier alpha value is -6.83. The van der Waals surface area contributed by atoms with Crippen molar-refractivity contribution in [3.05, 3.63) is 216 Å². The molecule has 0 saturated heterocycles. The molecule has 0 radical (unpaired) electrons. The molecule has 1 heterocycles. The molecule has 12 rings (SSSR count). The third-order valence-electron chi connectivity index (χ3n) is 12.5. The minimum absolute atomic E-state index is 0.483. The van der Waals surface area contributed by atoms with Gasteiger partial charge in [0.25, 0.3) is 0 Å². The number of rotatable bonds is 3. The minimum Gasteiger partial charge on any atom is -0.248 e. The number of nitrogens with zero attached hydrogens (tertiary/aromatic N) is 1. The molecule has 0 fully saturated rings. The molecule has 1 spiro atoms. The predicted molar refractivity (Wildman–Crippen MR) is 230 cm³/mol. The standard InChI is InChI=1S/C54H35N/c1-3-16-34(17-4-1)36-30-51(35-18-5-2-6-19-35)55-52(31-36)43-26-15-29-49-53(43)42-25-12-14-28-48(42)54(49)47-27-13-11-24-41(47)46-32-44-39-22-9-7-20-37(39)38-21-8-10-23-40(38)45(44)33-50(46)54/h2-3,5-33H,1,4H2. The van der Waals surface area contributed by atoms with E-state index in [1.807, 2.05) is 0 Å². The summed E-state index contributed by atoms with van der Waals surface area (Å²) in [5, 5.41) is 7.81. The monoisotopic (exact) mass is 697 g/mol. The van der Waals surface area contributed by atoms with Crippen molar-refractivity contribution in [2.24, 2.45) is 0 Å². The zero-order valence-electron chi connectivity index (χ0n) is 30.3. The van der Waals surface area contributed by atoms with E-state index in [2.05, 4.69) is 188 Å². The molecule has 256 valence electrons. The summed E-state index contributed by atoms with van der Waals surface area (Å²) in [7, 11) is 0. The third kappa shape index (κ3) is 4.21. The molecule has 0 bridgehead atoms. The first-order valence-corrected chi connectivity index (χ1v) is 19.4. The number of hydrogen-bond acceptors (Lipinski definition) is 1. The zero-order valence-corrected chi connectivity index (χ0v) is 30.3. The van der Waals surface area contributed by atoms with E-state index < -0.39 is 5.41 Å². The highest BCUT2D eigenvalue weighted by molar-refractivity contribution is 6.26. The third-order valence-corrected chi connectivity index (χ3v) is 12.5. The molecule has 1 aromatic heterocycles. The summed E-state index contributed by atoms with van der Waals surface area (Å²) in [6.07, 6.45) is 9.09. The van der Waals surface area contributed by atoms with E-state index in [0.29, 0.717) is 0 Å². The maximum atomic E-state index is 5.48. The molecule has 55 heavy (non-hydrogen) atoms. The van der Waals surface area contributed by atoms with Crippen molar-refractivity contribution >= 4 is 37.9 Å². The molecular formula is C54H35N. The second-order valence-corrected chi connectivity index (χ2v) is 15.2. The van der Waals surface area contributed by atoms with E-state index in [4.69, 9.17) is 4.98 Å². The predicted octanol–water partition coefficient (Wildman–Crippen LogP) is 14.0. The summed E-state index contributed by atoms with van der Waals surface area (Å²) in [6.45, 7) is 0. The molecule has 1 unspecified atom stereocenters. The molecule has 1 heteroatoms. The Kier molecular flexibility index (Phi) is 6.45. The summed E-state index contributed by atoms with van der Waals surface area (Å²) in [5.74, 6) is 0. The lowest BCUT2D eigenvalue weighted by molar-refractivity contribution is 0.795. The molecule has 3 aliphatic rings.